The van der Waals surface area contributed by atoms with Crippen LogP contribution in [0.4, 0.5) is 0 Å². The van der Waals surface area contributed by atoms with Gasteiger partial charge in [-0.15, -0.1) is 0 Å². The third-order valence-corrected chi connectivity index (χ3v) is 3.74. The van der Waals surface area contributed by atoms with Crippen LogP contribution in [0.25, 0.3) is 0 Å². The van der Waals surface area contributed by atoms with E-state index in [1.54, 1.807) is 0 Å². The molecular formula is C11H22N2. The molecule has 1 saturated carbocycles. The van der Waals surface area contributed by atoms with Crippen LogP contribution in [0, 0.1) is 0 Å². The Morgan fingerprint density at radius 1 is 1.23 bits per heavy atom. The second-order valence-electron chi connectivity index (χ2n) is 4.62. The lowest BCUT2D eigenvalue weighted by Gasteiger charge is -2.40. The standard InChI is InChI=1S/C11H22N2/c1-3-13(10-5-4-6-10)11-7-8-12(2)9-11/h10-11H,3-9H2,1-2H3. The fraction of sp³-hybridized carbons (Fsp3) is 1.00. The topological polar surface area (TPSA) is 6.48 Å². The van der Waals surface area contributed by atoms with Crippen molar-refractivity contribution in [1.29, 1.82) is 0 Å². The lowest BCUT2D eigenvalue weighted by atomic mass is 9.90. The van der Waals surface area contributed by atoms with Crippen LogP contribution in [0.5, 0.6) is 0 Å². The molecule has 1 heterocycles. The molecular weight excluding hydrogens is 160 g/mol. The Hall–Kier alpha value is -0.0800. The maximum atomic E-state index is 2.74. The third-order valence-electron chi connectivity index (χ3n) is 3.74. The van der Waals surface area contributed by atoms with E-state index >= 15 is 0 Å². The average Bonchev–Trinajstić information content (AvgIpc) is 2.43. The molecule has 1 unspecified atom stereocenters. The van der Waals surface area contributed by atoms with E-state index in [9.17, 15) is 0 Å². The monoisotopic (exact) mass is 182 g/mol. The maximum absolute atomic E-state index is 2.74. The third kappa shape index (κ3) is 1.89. The van der Waals surface area contributed by atoms with Gasteiger partial charge < -0.3 is 4.90 Å². The summed E-state index contributed by atoms with van der Waals surface area (Å²) in [4.78, 5) is 5.21. The highest BCUT2D eigenvalue weighted by Crippen LogP contribution is 2.28. The van der Waals surface area contributed by atoms with Crippen LogP contribution in [-0.2, 0) is 0 Å². The van der Waals surface area contributed by atoms with Crippen molar-refractivity contribution >= 4 is 0 Å². The summed E-state index contributed by atoms with van der Waals surface area (Å²) in [5.41, 5.74) is 0. The van der Waals surface area contributed by atoms with E-state index in [2.05, 4.69) is 23.8 Å². The van der Waals surface area contributed by atoms with E-state index in [0.717, 1.165) is 12.1 Å². The summed E-state index contributed by atoms with van der Waals surface area (Å²) in [7, 11) is 2.24. The molecule has 1 aliphatic heterocycles. The Labute approximate surface area is 81.9 Å². The second-order valence-corrected chi connectivity index (χ2v) is 4.62. The van der Waals surface area contributed by atoms with Crippen LogP contribution >= 0.6 is 0 Å². The largest absolute Gasteiger partial charge is 0.305 e. The summed E-state index contributed by atoms with van der Waals surface area (Å²) in [6, 6.07) is 1.79. The highest BCUT2D eigenvalue weighted by molar-refractivity contribution is 4.88. The molecule has 2 nitrogen and oxygen atoms in total. The second kappa shape index (κ2) is 3.97. The molecule has 0 spiro atoms. The van der Waals surface area contributed by atoms with Crippen molar-refractivity contribution in [3.8, 4) is 0 Å². The first-order valence-corrected chi connectivity index (χ1v) is 5.75. The van der Waals surface area contributed by atoms with Crippen molar-refractivity contribution in [2.45, 2.75) is 44.7 Å². The van der Waals surface area contributed by atoms with E-state index in [1.807, 2.05) is 0 Å². The molecule has 1 aliphatic carbocycles. The van der Waals surface area contributed by atoms with E-state index < -0.39 is 0 Å². The van der Waals surface area contributed by atoms with Crippen molar-refractivity contribution in [1.82, 2.24) is 9.80 Å². The number of hydrogen-bond donors (Lipinski definition) is 0. The molecule has 76 valence electrons. The Bertz CT molecular complexity index is 165. The SMILES string of the molecule is CCN(C1CCC1)C1CCN(C)C1. The van der Waals surface area contributed by atoms with Gasteiger partial charge in [-0.25, -0.2) is 0 Å². The Morgan fingerprint density at radius 3 is 2.38 bits per heavy atom. The molecule has 13 heavy (non-hydrogen) atoms. The minimum absolute atomic E-state index is 0.861. The number of rotatable bonds is 3. The highest BCUT2D eigenvalue weighted by Gasteiger charge is 2.32. The van der Waals surface area contributed by atoms with Gasteiger partial charge in [0.2, 0.25) is 0 Å². The Morgan fingerprint density at radius 2 is 2.00 bits per heavy atom. The fourth-order valence-electron chi connectivity index (χ4n) is 2.72. The molecule has 0 N–H and O–H groups in total. The lowest BCUT2D eigenvalue weighted by molar-refractivity contribution is 0.0891. The summed E-state index contributed by atoms with van der Waals surface area (Å²) in [5, 5.41) is 0. The van der Waals surface area contributed by atoms with E-state index in [0.29, 0.717) is 0 Å². The van der Waals surface area contributed by atoms with Crippen LogP contribution in [0.15, 0.2) is 0 Å². The average molecular weight is 182 g/mol. The molecule has 0 amide bonds. The van der Waals surface area contributed by atoms with Crippen molar-refractivity contribution < 1.29 is 0 Å². The van der Waals surface area contributed by atoms with Crippen LogP contribution < -0.4 is 0 Å². The minimum atomic E-state index is 0.861. The Balaban J connectivity index is 1.88. The number of nitrogens with zero attached hydrogens (tertiary/aromatic N) is 2. The predicted octanol–water partition coefficient (Wildman–Crippen LogP) is 1.56. The lowest BCUT2D eigenvalue weighted by Crippen LogP contribution is -2.47. The molecule has 0 radical (unpaired) electrons. The molecule has 0 aromatic rings. The van der Waals surface area contributed by atoms with Gasteiger partial charge >= 0.3 is 0 Å². The predicted molar refractivity (Wildman–Crippen MR) is 55.9 cm³/mol. The number of likely N-dealkylation sites (tertiary alicyclic amines) is 1. The molecule has 2 aliphatic rings. The molecule has 0 bridgehead atoms. The van der Waals surface area contributed by atoms with Gasteiger partial charge in [0.1, 0.15) is 0 Å². The molecule has 0 aromatic carbocycles. The molecule has 1 atom stereocenters. The van der Waals surface area contributed by atoms with Crippen LogP contribution in [0.1, 0.15) is 32.6 Å². The van der Waals surface area contributed by atoms with Gasteiger partial charge in [-0.3, -0.25) is 4.90 Å². The summed E-state index contributed by atoms with van der Waals surface area (Å²) in [5.74, 6) is 0. The smallest absolute Gasteiger partial charge is 0.0238 e. The first-order valence-electron chi connectivity index (χ1n) is 5.75. The molecule has 1 saturated heterocycles. The summed E-state index contributed by atoms with van der Waals surface area (Å²) in [6.07, 6.45) is 5.76. The van der Waals surface area contributed by atoms with Gasteiger partial charge in [0.05, 0.1) is 0 Å². The molecule has 2 heteroatoms. The number of likely N-dealkylation sites (N-methyl/N-ethyl adjacent to an activating group) is 2. The molecule has 0 aromatic heterocycles. The van der Waals surface area contributed by atoms with Crippen LogP contribution in [0.3, 0.4) is 0 Å². The quantitative estimate of drug-likeness (QED) is 0.653. The van der Waals surface area contributed by atoms with Crippen molar-refractivity contribution in [3.05, 3.63) is 0 Å². The summed E-state index contributed by atoms with van der Waals surface area (Å²) < 4.78 is 0. The van der Waals surface area contributed by atoms with Gasteiger partial charge in [-0.2, -0.15) is 0 Å². The minimum Gasteiger partial charge on any atom is -0.305 e. The van der Waals surface area contributed by atoms with Gasteiger partial charge in [0.15, 0.2) is 0 Å². The van der Waals surface area contributed by atoms with Gasteiger partial charge in [0.25, 0.3) is 0 Å². The zero-order valence-corrected chi connectivity index (χ0v) is 9.00. The van der Waals surface area contributed by atoms with Crippen LogP contribution in [0.2, 0.25) is 0 Å². The van der Waals surface area contributed by atoms with Crippen LogP contribution in [-0.4, -0.2) is 48.6 Å². The normalized spacial score (nSPS) is 31.2. The Kier molecular flexibility index (Phi) is 2.89. The van der Waals surface area contributed by atoms with Gasteiger partial charge in [-0.05, 0) is 39.4 Å². The zero-order valence-electron chi connectivity index (χ0n) is 9.00. The zero-order chi connectivity index (χ0) is 9.26. The maximum Gasteiger partial charge on any atom is 0.0238 e. The van der Waals surface area contributed by atoms with E-state index in [4.69, 9.17) is 0 Å². The van der Waals surface area contributed by atoms with E-state index in [1.165, 1.54) is 45.3 Å². The molecule has 2 fully saturated rings. The molecule has 2 rings (SSSR count). The first-order chi connectivity index (χ1) is 6.31. The van der Waals surface area contributed by atoms with Crippen molar-refractivity contribution in [2.75, 3.05) is 26.7 Å². The highest BCUT2D eigenvalue weighted by atomic mass is 15.3. The summed E-state index contributed by atoms with van der Waals surface area (Å²) in [6.45, 7) is 6.16. The van der Waals surface area contributed by atoms with E-state index in [-0.39, 0.29) is 0 Å². The summed E-state index contributed by atoms with van der Waals surface area (Å²) >= 11 is 0. The van der Waals surface area contributed by atoms with Gasteiger partial charge in [0, 0.05) is 18.6 Å². The number of hydrogen-bond acceptors (Lipinski definition) is 2. The fourth-order valence-corrected chi connectivity index (χ4v) is 2.72. The first kappa shape index (κ1) is 9.47. The van der Waals surface area contributed by atoms with Crippen molar-refractivity contribution in [3.63, 3.8) is 0 Å². The van der Waals surface area contributed by atoms with Gasteiger partial charge in [-0.1, -0.05) is 13.3 Å². The van der Waals surface area contributed by atoms with Crippen molar-refractivity contribution in [2.24, 2.45) is 0 Å².